The molecule has 0 saturated carbocycles. The smallest absolute Gasteiger partial charge is 0.183 e. The van der Waals surface area contributed by atoms with Gasteiger partial charge in [0.1, 0.15) is 0 Å². The van der Waals surface area contributed by atoms with Gasteiger partial charge in [-0.1, -0.05) is 49.8 Å². The lowest BCUT2D eigenvalue weighted by Crippen LogP contribution is -2.21. The fourth-order valence-corrected chi connectivity index (χ4v) is 2.58. The van der Waals surface area contributed by atoms with Crippen LogP contribution in [0.15, 0.2) is 18.2 Å². The van der Waals surface area contributed by atoms with Gasteiger partial charge < -0.3 is 5.32 Å². The van der Waals surface area contributed by atoms with Crippen molar-refractivity contribution in [3.8, 4) is 0 Å². The van der Waals surface area contributed by atoms with Gasteiger partial charge in [0.05, 0.1) is 15.2 Å². The lowest BCUT2D eigenvalue weighted by molar-refractivity contribution is 0.377. The van der Waals surface area contributed by atoms with E-state index in [0.717, 1.165) is 33.3 Å². The molecule has 2 nitrogen and oxygen atoms in total. The van der Waals surface area contributed by atoms with E-state index in [1.165, 1.54) is 0 Å². The van der Waals surface area contributed by atoms with Crippen molar-refractivity contribution in [3.05, 3.63) is 23.2 Å². The Morgan fingerprint density at radius 2 is 2.18 bits per heavy atom. The number of rotatable bonds is 4. The summed E-state index contributed by atoms with van der Waals surface area (Å²) < 4.78 is 1.06. The Kier molecular flexibility index (Phi) is 3.59. The largest absolute Gasteiger partial charge is 0.361 e. The first-order valence-electron chi connectivity index (χ1n) is 5.81. The highest BCUT2D eigenvalue weighted by atomic mass is 35.5. The number of aromatic nitrogens is 1. The third-order valence-electron chi connectivity index (χ3n) is 3.04. The maximum atomic E-state index is 6.13. The van der Waals surface area contributed by atoms with Gasteiger partial charge in [-0.25, -0.2) is 4.98 Å². The van der Waals surface area contributed by atoms with Crippen molar-refractivity contribution < 1.29 is 0 Å². The molecule has 17 heavy (non-hydrogen) atoms. The molecule has 0 radical (unpaired) electrons. The van der Waals surface area contributed by atoms with Crippen molar-refractivity contribution in [2.45, 2.75) is 27.2 Å². The first kappa shape index (κ1) is 12.7. The van der Waals surface area contributed by atoms with Crippen LogP contribution in [-0.4, -0.2) is 11.5 Å². The Morgan fingerprint density at radius 3 is 2.82 bits per heavy atom. The van der Waals surface area contributed by atoms with Gasteiger partial charge in [0.2, 0.25) is 0 Å². The molecule has 0 aliphatic carbocycles. The van der Waals surface area contributed by atoms with E-state index >= 15 is 0 Å². The van der Waals surface area contributed by atoms with Gasteiger partial charge in [-0.2, -0.15) is 0 Å². The topological polar surface area (TPSA) is 24.9 Å². The van der Waals surface area contributed by atoms with Crippen LogP contribution in [0.5, 0.6) is 0 Å². The summed E-state index contributed by atoms with van der Waals surface area (Å²) in [4.78, 5) is 4.53. The molecule has 0 unspecified atom stereocenters. The molecule has 2 rings (SSSR count). The Bertz CT molecular complexity index is 519. The highest BCUT2D eigenvalue weighted by Crippen LogP contribution is 2.32. The van der Waals surface area contributed by atoms with Crippen LogP contribution in [0.25, 0.3) is 10.2 Å². The van der Waals surface area contributed by atoms with Crippen LogP contribution in [0.1, 0.15) is 27.2 Å². The van der Waals surface area contributed by atoms with E-state index in [-0.39, 0.29) is 0 Å². The molecule has 92 valence electrons. The minimum absolute atomic E-state index is 0.293. The van der Waals surface area contributed by atoms with E-state index in [2.05, 4.69) is 31.1 Å². The molecular formula is C13H17ClN2S. The van der Waals surface area contributed by atoms with Crippen LogP contribution in [0, 0.1) is 5.41 Å². The van der Waals surface area contributed by atoms with Gasteiger partial charge in [0.25, 0.3) is 0 Å². The first-order chi connectivity index (χ1) is 8.02. The van der Waals surface area contributed by atoms with E-state index in [0.29, 0.717) is 5.41 Å². The highest BCUT2D eigenvalue weighted by molar-refractivity contribution is 7.22. The molecule has 0 aliphatic heterocycles. The zero-order valence-electron chi connectivity index (χ0n) is 10.4. The lowest BCUT2D eigenvalue weighted by atomic mass is 9.90. The maximum Gasteiger partial charge on any atom is 0.183 e. The minimum Gasteiger partial charge on any atom is -0.361 e. The minimum atomic E-state index is 0.293. The number of thiazole rings is 1. The number of anilines is 1. The van der Waals surface area contributed by atoms with Crippen LogP contribution < -0.4 is 5.32 Å². The van der Waals surface area contributed by atoms with Crippen LogP contribution in [-0.2, 0) is 0 Å². The molecule has 0 saturated heterocycles. The summed E-state index contributed by atoms with van der Waals surface area (Å²) in [5, 5.41) is 5.13. The molecule has 0 spiro atoms. The zero-order chi connectivity index (χ0) is 12.5. The van der Waals surface area contributed by atoms with Gasteiger partial charge in [-0.15, -0.1) is 0 Å². The van der Waals surface area contributed by atoms with Gasteiger partial charge in [0.15, 0.2) is 5.13 Å². The second-order valence-electron chi connectivity index (χ2n) is 4.98. The van der Waals surface area contributed by atoms with E-state index in [1.807, 2.05) is 18.2 Å². The number of benzene rings is 1. The number of hydrogen-bond donors (Lipinski definition) is 1. The van der Waals surface area contributed by atoms with E-state index in [4.69, 9.17) is 11.6 Å². The molecule has 1 aromatic carbocycles. The van der Waals surface area contributed by atoms with Crippen LogP contribution >= 0.6 is 22.9 Å². The number of nitrogens with one attached hydrogen (secondary N) is 1. The van der Waals surface area contributed by atoms with Crippen molar-refractivity contribution >= 4 is 38.3 Å². The second-order valence-corrected chi connectivity index (χ2v) is 6.38. The Balaban J connectivity index is 2.18. The summed E-state index contributed by atoms with van der Waals surface area (Å²) >= 11 is 7.75. The first-order valence-corrected chi connectivity index (χ1v) is 7.00. The van der Waals surface area contributed by atoms with Gasteiger partial charge >= 0.3 is 0 Å². The van der Waals surface area contributed by atoms with Crippen LogP contribution in [0.4, 0.5) is 5.13 Å². The molecule has 1 aromatic heterocycles. The molecule has 2 aromatic rings. The zero-order valence-corrected chi connectivity index (χ0v) is 12.0. The van der Waals surface area contributed by atoms with E-state index in [1.54, 1.807) is 11.3 Å². The lowest BCUT2D eigenvalue weighted by Gasteiger charge is -2.22. The van der Waals surface area contributed by atoms with E-state index < -0.39 is 0 Å². The Labute approximate surface area is 111 Å². The van der Waals surface area contributed by atoms with Gasteiger partial charge in [-0.05, 0) is 24.0 Å². The molecule has 0 fully saturated rings. The summed E-state index contributed by atoms with van der Waals surface area (Å²) in [6, 6.07) is 5.83. The van der Waals surface area contributed by atoms with E-state index in [9.17, 15) is 0 Å². The molecule has 0 amide bonds. The summed E-state index contributed by atoms with van der Waals surface area (Å²) in [6.07, 6.45) is 1.14. The molecule has 4 heteroatoms. The number of fused-ring (bicyclic) bond motifs is 1. The SMILES string of the molecule is CCC(C)(C)CNc1nc2cccc(Cl)c2s1. The molecule has 0 bridgehead atoms. The van der Waals surface area contributed by atoms with Crippen molar-refractivity contribution in [1.82, 2.24) is 4.98 Å². The monoisotopic (exact) mass is 268 g/mol. The third kappa shape index (κ3) is 2.90. The van der Waals surface area contributed by atoms with Crippen molar-refractivity contribution in [2.24, 2.45) is 5.41 Å². The normalized spacial score (nSPS) is 12.0. The summed E-state index contributed by atoms with van der Waals surface area (Å²) in [7, 11) is 0. The highest BCUT2D eigenvalue weighted by Gasteiger charge is 2.15. The van der Waals surface area contributed by atoms with Gasteiger partial charge in [0, 0.05) is 6.54 Å². The predicted octanol–water partition coefficient (Wildman–Crippen LogP) is 4.80. The number of halogens is 1. The van der Waals surface area contributed by atoms with Crippen molar-refractivity contribution in [1.29, 1.82) is 0 Å². The number of nitrogens with zero attached hydrogens (tertiary/aromatic N) is 1. The second kappa shape index (κ2) is 4.83. The molecule has 0 atom stereocenters. The molecule has 1 heterocycles. The van der Waals surface area contributed by atoms with Crippen molar-refractivity contribution in [2.75, 3.05) is 11.9 Å². The fraction of sp³-hybridized carbons (Fsp3) is 0.462. The van der Waals surface area contributed by atoms with Crippen LogP contribution in [0.3, 0.4) is 0 Å². The average Bonchev–Trinajstić information content (AvgIpc) is 2.71. The molecule has 1 N–H and O–H groups in total. The fourth-order valence-electron chi connectivity index (χ4n) is 1.43. The molecule has 0 aliphatic rings. The van der Waals surface area contributed by atoms with Crippen LogP contribution in [0.2, 0.25) is 5.02 Å². The summed E-state index contributed by atoms with van der Waals surface area (Å²) in [5.41, 5.74) is 1.26. The number of hydrogen-bond acceptors (Lipinski definition) is 3. The standard InChI is InChI=1S/C13H17ClN2S/c1-4-13(2,3)8-15-12-16-10-7-5-6-9(14)11(10)17-12/h5-7H,4,8H2,1-3H3,(H,15,16). The Morgan fingerprint density at radius 1 is 1.41 bits per heavy atom. The average molecular weight is 269 g/mol. The van der Waals surface area contributed by atoms with Crippen molar-refractivity contribution in [3.63, 3.8) is 0 Å². The third-order valence-corrected chi connectivity index (χ3v) is 4.53. The summed E-state index contributed by atoms with van der Waals surface area (Å²) in [5.74, 6) is 0. The quantitative estimate of drug-likeness (QED) is 0.862. The predicted molar refractivity (Wildman–Crippen MR) is 77.2 cm³/mol. The van der Waals surface area contributed by atoms with Gasteiger partial charge in [-0.3, -0.25) is 0 Å². The Hall–Kier alpha value is -0.800. The summed E-state index contributed by atoms with van der Waals surface area (Å²) in [6.45, 7) is 7.64. The maximum absolute atomic E-state index is 6.13. The molecular weight excluding hydrogens is 252 g/mol.